The fourth-order valence-electron chi connectivity index (χ4n) is 6.43. The third-order valence-electron chi connectivity index (χ3n) is 8.12. The van der Waals surface area contributed by atoms with Crippen molar-refractivity contribution < 1.29 is 4.79 Å². The molecule has 0 saturated heterocycles. The summed E-state index contributed by atoms with van der Waals surface area (Å²) in [5.41, 5.74) is 5.28. The molecule has 1 radical (unpaired) electrons. The highest BCUT2D eigenvalue weighted by molar-refractivity contribution is 6.61. The van der Waals surface area contributed by atoms with E-state index in [-0.39, 0.29) is 11.7 Å². The van der Waals surface area contributed by atoms with E-state index in [4.69, 9.17) is 16.6 Å². The number of halogens is 1. The van der Waals surface area contributed by atoms with Crippen molar-refractivity contribution >= 4 is 37.4 Å². The Morgan fingerprint density at radius 1 is 0.949 bits per heavy atom. The Morgan fingerprint density at radius 3 is 2.10 bits per heavy atom. The summed E-state index contributed by atoms with van der Waals surface area (Å²) < 4.78 is 2.35. The lowest BCUT2D eigenvalue weighted by Gasteiger charge is -2.29. The molecular weight excluding hydrogens is 518 g/mol. The third kappa shape index (κ3) is 6.06. The molecule has 4 aromatic rings. The second-order valence-corrected chi connectivity index (χ2v) is 15.6. The summed E-state index contributed by atoms with van der Waals surface area (Å²) in [6, 6.07) is 23.7. The molecule has 39 heavy (non-hydrogen) atoms. The molecular formula is C33H39ClN3OSi. The molecule has 1 aliphatic carbocycles. The highest BCUT2D eigenvalue weighted by atomic mass is 35.5. The maximum Gasteiger partial charge on any atom is 0.182 e. The van der Waals surface area contributed by atoms with Crippen LogP contribution in [0.2, 0.25) is 16.1 Å². The van der Waals surface area contributed by atoms with E-state index in [1.165, 1.54) is 11.1 Å². The van der Waals surface area contributed by atoms with Gasteiger partial charge in [0.25, 0.3) is 0 Å². The number of nitrogens with zero attached hydrogens (tertiary/aromatic N) is 3. The van der Waals surface area contributed by atoms with Gasteiger partial charge in [0, 0.05) is 42.2 Å². The highest BCUT2D eigenvalue weighted by Gasteiger charge is 2.36. The van der Waals surface area contributed by atoms with Crippen LogP contribution < -0.4 is 0 Å². The minimum Gasteiger partial charge on any atom is -0.359 e. The molecule has 0 N–H and O–H groups in total. The number of rotatable bonds is 10. The number of carbonyl (C=O) groups is 1. The number of hydrogen-bond donors (Lipinski definition) is 0. The average molecular weight is 557 g/mol. The summed E-state index contributed by atoms with van der Waals surface area (Å²) in [6.45, 7) is 10.9. The van der Waals surface area contributed by atoms with Crippen LogP contribution in [-0.2, 0) is 13.1 Å². The largest absolute Gasteiger partial charge is 0.359 e. The quantitative estimate of drug-likeness (QED) is 0.145. The van der Waals surface area contributed by atoms with E-state index in [0.717, 1.165) is 43.4 Å². The summed E-state index contributed by atoms with van der Waals surface area (Å²) in [7, 11) is -0.897. The molecule has 2 atom stereocenters. The van der Waals surface area contributed by atoms with Crippen LogP contribution in [0, 0.1) is 5.92 Å². The van der Waals surface area contributed by atoms with Gasteiger partial charge in [0.05, 0.1) is 5.02 Å². The molecule has 0 spiro atoms. The number of aromatic nitrogens is 2. The Hall–Kier alpha value is -2.73. The van der Waals surface area contributed by atoms with Crippen molar-refractivity contribution in [3.8, 4) is 0 Å². The zero-order chi connectivity index (χ0) is 27.5. The molecule has 2 heterocycles. The number of carbonyl (C=O) groups excluding carboxylic acids is 1. The first-order valence-electron chi connectivity index (χ1n) is 14.2. The van der Waals surface area contributed by atoms with Crippen molar-refractivity contribution in [1.82, 2.24) is 14.1 Å². The van der Waals surface area contributed by atoms with Crippen LogP contribution in [0.25, 0.3) is 11.0 Å². The molecule has 1 unspecified atom stereocenters. The zero-order valence-electron chi connectivity index (χ0n) is 23.5. The maximum atomic E-state index is 14.1. The monoisotopic (exact) mass is 556 g/mol. The van der Waals surface area contributed by atoms with Crippen LogP contribution >= 0.6 is 11.6 Å². The smallest absolute Gasteiger partial charge is 0.182 e. The molecule has 2 aromatic carbocycles. The number of pyridine rings is 1. The van der Waals surface area contributed by atoms with E-state index in [0.29, 0.717) is 27.7 Å². The first kappa shape index (κ1) is 27.8. The van der Waals surface area contributed by atoms with Gasteiger partial charge >= 0.3 is 0 Å². The van der Waals surface area contributed by atoms with E-state index in [9.17, 15) is 4.79 Å². The number of hydrogen-bond acceptors (Lipinski definition) is 3. The number of ketones is 1. The standard InChI is InChI=1S/C33H39ClN3OSi/c1-23(2)39(24(3)4)37-18-17-29-31(30(34)20-35-33(29)37)32(38)27-15-16-28(19-27)36(21-25-11-7-5-8-12-25)22-26-13-9-6-10-14-26/h5-14,17-18,20,23-24,27-28H,15-16,19,21-22H2,1-4H3/t27?,28-/m0/s1. The van der Waals surface area contributed by atoms with Crippen LogP contribution in [0.5, 0.6) is 0 Å². The van der Waals surface area contributed by atoms with Crippen molar-refractivity contribution in [2.75, 3.05) is 0 Å². The normalized spacial score (nSPS) is 17.8. The van der Waals surface area contributed by atoms with E-state index >= 15 is 0 Å². The summed E-state index contributed by atoms with van der Waals surface area (Å²) in [4.78, 5) is 21.4. The molecule has 1 saturated carbocycles. The van der Waals surface area contributed by atoms with Crippen LogP contribution in [0.1, 0.15) is 68.4 Å². The fourth-order valence-corrected chi connectivity index (χ4v) is 9.78. The van der Waals surface area contributed by atoms with Gasteiger partial charge in [-0.3, -0.25) is 9.69 Å². The van der Waals surface area contributed by atoms with Gasteiger partial charge in [0.15, 0.2) is 14.7 Å². The maximum absolute atomic E-state index is 14.1. The fraction of sp³-hybridized carbons (Fsp3) is 0.394. The minimum atomic E-state index is -0.897. The molecule has 0 aliphatic heterocycles. The Balaban J connectivity index is 1.40. The lowest BCUT2D eigenvalue weighted by molar-refractivity contribution is 0.0913. The molecule has 4 nitrogen and oxygen atoms in total. The van der Waals surface area contributed by atoms with Crippen molar-refractivity contribution in [2.45, 2.75) is 77.2 Å². The van der Waals surface area contributed by atoms with Crippen LogP contribution in [0.15, 0.2) is 79.1 Å². The number of Topliss-reactive ketones (excluding diaryl/α,β-unsaturated/α-hetero) is 1. The molecule has 5 rings (SSSR count). The average Bonchev–Trinajstić information content (AvgIpc) is 3.57. The van der Waals surface area contributed by atoms with E-state index in [1.807, 2.05) is 0 Å². The second kappa shape index (κ2) is 12.2. The van der Waals surface area contributed by atoms with Gasteiger partial charge in [-0.2, -0.15) is 0 Å². The predicted molar refractivity (Wildman–Crippen MR) is 164 cm³/mol. The lowest BCUT2D eigenvalue weighted by Crippen LogP contribution is -2.33. The summed E-state index contributed by atoms with van der Waals surface area (Å²) >= 11 is 6.71. The number of benzene rings is 2. The Kier molecular flexibility index (Phi) is 8.70. The van der Waals surface area contributed by atoms with Crippen molar-refractivity contribution in [2.24, 2.45) is 5.92 Å². The molecule has 1 fully saturated rings. The minimum absolute atomic E-state index is 0.0320. The van der Waals surface area contributed by atoms with Gasteiger partial charge in [-0.1, -0.05) is 100.0 Å². The van der Waals surface area contributed by atoms with Crippen molar-refractivity contribution in [1.29, 1.82) is 0 Å². The molecule has 2 aromatic heterocycles. The summed E-state index contributed by atoms with van der Waals surface area (Å²) in [5.74, 6) is 0.144. The summed E-state index contributed by atoms with van der Waals surface area (Å²) in [6.07, 6.45) is 6.58. The Bertz CT molecular complexity index is 1350. The lowest BCUT2D eigenvalue weighted by atomic mass is 9.94. The van der Waals surface area contributed by atoms with E-state index in [2.05, 4.69) is 110 Å². The SMILES string of the molecule is CC(C)[Si](C(C)C)n1ccc2c(C(=O)C3CC[C@H](N(Cc4ccccc4)Cc4ccccc4)C3)c(Cl)cnc21. The van der Waals surface area contributed by atoms with E-state index < -0.39 is 8.96 Å². The topological polar surface area (TPSA) is 38.1 Å². The molecule has 0 amide bonds. The first-order valence-corrected chi connectivity index (χ1v) is 16.2. The highest BCUT2D eigenvalue weighted by Crippen LogP contribution is 2.37. The predicted octanol–water partition coefficient (Wildman–Crippen LogP) is 8.40. The number of fused-ring (bicyclic) bond motifs is 1. The van der Waals surface area contributed by atoms with Crippen LogP contribution in [0.3, 0.4) is 0 Å². The van der Waals surface area contributed by atoms with Crippen LogP contribution in [-0.4, -0.2) is 34.9 Å². The van der Waals surface area contributed by atoms with Gasteiger partial charge in [-0.05, 0) is 53.7 Å². The third-order valence-corrected chi connectivity index (χ3v) is 11.7. The summed E-state index contributed by atoms with van der Waals surface area (Å²) in [5, 5.41) is 1.38. The zero-order valence-corrected chi connectivity index (χ0v) is 25.2. The second-order valence-electron chi connectivity index (χ2n) is 11.5. The van der Waals surface area contributed by atoms with Gasteiger partial charge < -0.3 is 4.23 Å². The van der Waals surface area contributed by atoms with Crippen molar-refractivity contribution in [3.05, 3.63) is 101 Å². The first-order chi connectivity index (χ1) is 18.8. The van der Waals surface area contributed by atoms with Gasteiger partial charge in [-0.15, -0.1) is 0 Å². The van der Waals surface area contributed by atoms with Gasteiger partial charge in [0.2, 0.25) is 0 Å². The van der Waals surface area contributed by atoms with Crippen LogP contribution in [0.4, 0.5) is 0 Å². The molecule has 1 aliphatic rings. The Labute approximate surface area is 239 Å². The van der Waals surface area contributed by atoms with Gasteiger partial charge in [0.1, 0.15) is 5.65 Å². The molecule has 6 heteroatoms. The molecule has 0 bridgehead atoms. The molecule has 203 valence electrons. The Morgan fingerprint density at radius 2 is 1.54 bits per heavy atom. The van der Waals surface area contributed by atoms with Crippen molar-refractivity contribution in [3.63, 3.8) is 0 Å². The van der Waals surface area contributed by atoms with E-state index in [1.54, 1.807) is 6.20 Å². The van der Waals surface area contributed by atoms with Gasteiger partial charge in [-0.25, -0.2) is 4.98 Å².